The molecular formula is C18H20. The fourth-order valence-corrected chi connectivity index (χ4v) is 1.72. The van der Waals surface area contributed by atoms with E-state index in [0.29, 0.717) is 0 Å². The molecule has 0 aliphatic heterocycles. The van der Waals surface area contributed by atoms with Gasteiger partial charge in [0, 0.05) is 0 Å². The first-order valence-electron chi connectivity index (χ1n) is 6.04. The van der Waals surface area contributed by atoms with E-state index < -0.39 is 0 Å². The molecule has 0 saturated carbocycles. The minimum Gasteiger partial charge on any atom is -0.0985 e. The lowest BCUT2D eigenvalue weighted by Crippen LogP contribution is -1.78. The van der Waals surface area contributed by atoms with E-state index in [1.54, 1.807) is 0 Å². The maximum absolute atomic E-state index is 3.71. The van der Waals surface area contributed by atoms with Crippen LogP contribution in [0.15, 0.2) is 61.7 Å². The average molecular weight is 236 g/mol. The topological polar surface area (TPSA) is 0 Å². The highest BCUT2D eigenvalue weighted by atomic mass is 13.9. The highest BCUT2D eigenvalue weighted by Crippen LogP contribution is 2.08. The maximum atomic E-state index is 3.71. The Balaban J connectivity index is 0.000000184. The van der Waals surface area contributed by atoms with Gasteiger partial charge in [-0.3, -0.25) is 0 Å². The summed E-state index contributed by atoms with van der Waals surface area (Å²) in [6.07, 6.45) is 3.71. The largest absolute Gasteiger partial charge is 0.0985 e. The summed E-state index contributed by atoms with van der Waals surface area (Å²) in [4.78, 5) is 0. The zero-order valence-corrected chi connectivity index (χ0v) is 11.2. The van der Waals surface area contributed by atoms with Crippen molar-refractivity contribution in [2.45, 2.75) is 13.8 Å². The average Bonchev–Trinajstić information content (AvgIpc) is 2.39. The second-order valence-corrected chi connectivity index (χ2v) is 4.24. The highest BCUT2D eigenvalue weighted by Gasteiger charge is 1.89. The molecule has 0 bridgehead atoms. The molecule has 0 nitrogen and oxygen atoms in total. The van der Waals surface area contributed by atoms with Crippen LogP contribution in [0, 0.1) is 13.8 Å². The molecule has 0 aromatic heterocycles. The van der Waals surface area contributed by atoms with Crippen molar-refractivity contribution in [2.75, 3.05) is 0 Å². The number of rotatable bonds is 2. The molecule has 0 amide bonds. The van der Waals surface area contributed by atoms with Crippen molar-refractivity contribution < 1.29 is 0 Å². The van der Waals surface area contributed by atoms with Gasteiger partial charge < -0.3 is 0 Å². The third kappa shape index (κ3) is 4.84. The van der Waals surface area contributed by atoms with Crippen molar-refractivity contribution in [1.29, 1.82) is 0 Å². The molecule has 18 heavy (non-hydrogen) atoms. The summed E-state index contributed by atoms with van der Waals surface area (Å²) >= 11 is 0. The van der Waals surface area contributed by atoms with Gasteiger partial charge in [-0.2, -0.15) is 0 Å². The number of aryl methyl sites for hydroxylation is 2. The molecule has 0 unspecified atom stereocenters. The Morgan fingerprint density at radius 3 is 1.61 bits per heavy atom. The van der Waals surface area contributed by atoms with Crippen molar-refractivity contribution in [3.63, 3.8) is 0 Å². The van der Waals surface area contributed by atoms with E-state index in [2.05, 4.69) is 45.2 Å². The molecule has 0 heterocycles. The van der Waals surface area contributed by atoms with Gasteiger partial charge in [-0.05, 0) is 25.0 Å². The molecule has 0 saturated heterocycles. The Kier molecular flexibility index (Phi) is 5.66. The fourth-order valence-electron chi connectivity index (χ4n) is 1.72. The Morgan fingerprint density at radius 2 is 1.22 bits per heavy atom. The first-order valence-corrected chi connectivity index (χ1v) is 6.04. The second-order valence-electron chi connectivity index (χ2n) is 4.24. The molecule has 0 radical (unpaired) electrons. The summed E-state index contributed by atoms with van der Waals surface area (Å²) in [5.41, 5.74) is 4.98. The van der Waals surface area contributed by atoms with Gasteiger partial charge in [0.2, 0.25) is 0 Å². The normalized spacial score (nSPS) is 9.00. The summed E-state index contributed by atoms with van der Waals surface area (Å²) in [6, 6.07) is 16.4. The fraction of sp³-hybridized carbons (Fsp3) is 0.111. The van der Waals surface area contributed by atoms with E-state index >= 15 is 0 Å². The Bertz CT molecular complexity index is 487. The number of hydrogen-bond acceptors (Lipinski definition) is 0. The van der Waals surface area contributed by atoms with Crippen LogP contribution in [0.3, 0.4) is 0 Å². The van der Waals surface area contributed by atoms with Crippen LogP contribution in [-0.2, 0) is 0 Å². The molecule has 0 atom stereocenters. The van der Waals surface area contributed by atoms with Crippen LogP contribution in [0.2, 0.25) is 0 Å². The first-order chi connectivity index (χ1) is 8.65. The summed E-state index contributed by atoms with van der Waals surface area (Å²) < 4.78 is 0. The highest BCUT2D eigenvalue weighted by molar-refractivity contribution is 5.49. The van der Waals surface area contributed by atoms with Gasteiger partial charge in [-0.1, -0.05) is 85.0 Å². The standard InChI is InChI=1S/C10H12.C8H8/c1-4-10-6-8(2)5-9(3)7-10;1-2-8-6-4-3-5-7-8/h4-7H,1H2,2-3H3;2-7H,1H2. The minimum absolute atomic E-state index is 1.17. The molecular weight excluding hydrogens is 216 g/mol. The van der Waals surface area contributed by atoms with Crippen LogP contribution in [0.4, 0.5) is 0 Å². The SMILES string of the molecule is C=Cc1cc(C)cc(C)c1.C=Cc1ccccc1. The quantitative estimate of drug-likeness (QED) is 0.665. The van der Waals surface area contributed by atoms with E-state index in [0.717, 1.165) is 0 Å². The van der Waals surface area contributed by atoms with E-state index in [4.69, 9.17) is 0 Å². The minimum atomic E-state index is 1.17. The van der Waals surface area contributed by atoms with Gasteiger partial charge in [-0.25, -0.2) is 0 Å². The third-order valence-electron chi connectivity index (χ3n) is 2.51. The van der Waals surface area contributed by atoms with Gasteiger partial charge in [0.15, 0.2) is 0 Å². The first kappa shape index (κ1) is 14.0. The Hall–Kier alpha value is -2.08. The van der Waals surface area contributed by atoms with Gasteiger partial charge >= 0.3 is 0 Å². The van der Waals surface area contributed by atoms with Crippen LogP contribution in [-0.4, -0.2) is 0 Å². The van der Waals surface area contributed by atoms with Crippen LogP contribution in [0.25, 0.3) is 12.2 Å². The van der Waals surface area contributed by atoms with Crippen molar-refractivity contribution in [1.82, 2.24) is 0 Å². The van der Waals surface area contributed by atoms with Crippen molar-refractivity contribution >= 4 is 12.2 Å². The van der Waals surface area contributed by atoms with Crippen LogP contribution in [0.1, 0.15) is 22.3 Å². The van der Waals surface area contributed by atoms with Gasteiger partial charge in [0.1, 0.15) is 0 Å². The lowest BCUT2D eigenvalue weighted by Gasteiger charge is -1.97. The summed E-state index contributed by atoms with van der Waals surface area (Å²) in [7, 11) is 0. The van der Waals surface area contributed by atoms with Gasteiger partial charge in [0.05, 0.1) is 0 Å². The number of hydrogen-bond donors (Lipinski definition) is 0. The Morgan fingerprint density at radius 1 is 0.722 bits per heavy atom. The van der Waals surface area contributed by atoms with Crippen molar-refractivity contribution in [3.05, 3.63) is 83.9 Å². The molecule has 2 aromatic rings. The molecule has 0 fully saturated rings. The molecule has 2 aromatic carbocycles. The van der Waals surface area contributed by atoms with E-state index in [9.17, 15) is 0 Å². The van der Waals surface area contributed by atoms with Gasteiger partial charge in [0.25, 0.3) is 0 Å². The molecule has 0 heteroatoms. The van der Waals surface area contributed by atoms with Crippen LogP contribution in [0.5, 0.6) is 0 Å². The summed E-state index contributed by atoms with van der Waals surface area (Å²) in [6.45, 7) is 11.5. The lowest BCUT2D eigenvalue weighted by molar-refractivity contribution is 1.37. The molecule has 0 N–H and O–H groups in total. The molecule has 2 rings (SSSR count). The smallest absolute Gasteiger partial charge is 0.0257 e. The molecule has 0 spiro atoms. The molecule has 92 valence electrons. The molecule has 0 aliphatic carbocycles. The predicted molar refractivity (Wildman–Crippen MR) is 82.5 cm³/mol. The van der Waals surface area contributed by atoms with Gasteiger partial charge in [-0.15, -0.1) is 0 Å². The monoisotopic (exact) mass is 236 g/mol. The lowest BCUT2D eigenvalue weighted by atomic mass is 10.1. The van der Waals surface area contributed by atoms with E-state index in [-0.39, 0.29) is 0 Å². The maximum Gasteiger partial charge on any atom is -0.0257 e. The Labute approximate surface area is 110 Å². The second kappa shape index (κ2) is 7.29. The third-order valence-corrected chi connectivity index (χ3v) is 2.51. The van der Waals surface area contributed by atoms with Crippen molar-refractivity contribution in [2.24, 2.45) is 0 Å². The summed E-state index contributed by atoms with van der Waals surface area (Å²) in [5.74, 6) is 0. The zero-order chi connectivity index (χ0) is 13.4. The van der Waals surface area contributed by atoms with Crippen molar-refractivity contribution in [3.8, 4) is 0 Å². The van der Waals surface area contributed by atoms with Crippen LogP contribution < -0.4 is 0 Å². The van der Waals surface area contributed by atoms with Crippen LogP contribution >= 0.6 is 0 Å². The molecule has 0 aliphatic rings. The predicted octanol–water partition coefficient (Wildman–Crippen LogP) is 5.28. The van der Waals surface area contributed by atoms with E-state index in [1.165, 1.54) is 22.3 Å². The zero-order valence-electron chi connectivity index (χ0n) is 11.2. The number of benzene rings is 2. The van der Waals surface area contributed by atoms with E-state index in [1.807, 2.05) is 42.5 Å². The summed E-state index contributed by atoms with van der Waals surface area (Å²) in [5, 5.41) is 0.